The van der Waals surface area contributed by atoms with E-state index in [2.05, 4.69) is 4.98 Å². The smallest absolute Gasteiger partial charge is 0.265 e. The Bertz CT molecular complexity index is 1430. The Morgan fingerprint density at radius 1 is 1.07 bits per heavy atom. The van der Waals surface area contributed by atoms with Crippen LogP contribution in [0.2, 0.25) is 0 Å². The number of ether oxygens (including phenoxy) is 1. The highest BCUT2D eigenvalue weighted by atomic mass is 16.5. The molecule has 1 saturated heterocycles. The van der Waals surface area contributed by atoms with Crippen molar-refractivity contribution in [3.8, 4) is 0 Å². The Labute approximate surface area is 170 Å². The van der Waals surface area contributed by atoms with Gasteiger partial charge in [0, 0.05) is 6.61 Å². The van der Waals surface area contributed by atoms with E-state index in [9.17, 15) is 4.79 Å². The molecule has 4 aromatic heterocycles. The fraction of sp³-hybridized carbons (Fsp3) is 0.273. The maximum Gasteiger partial charge on any atom is 0.265 e. The van der Waals surface area contributed by atoms with Crippen molar-refractivity contribution in [2.24, 2.45) is 0 Å². The third-order valence-corrected chi connectivity index (χ3v) is 5.64. The molecule has 0 spiro atoms. The maximum atomic E-state index is 13.4. The molecule has 1 aliphatic heterocycles. The summed E-state index contributed by atoms with van der Waals surface area (Å²) >= 11 is 0. The summed E-state index contributed by atoms with van der Waals surface area (Å²) < 4.78 is 14.8. The van der Waals surface area contributed by atoms with Gasteiger partial charge in [-0.2, -0.15) is 0 Å². The largest absolute Gasteiger partial charge is 0.467 e. The molecule has 0 amide bonds. The minimum absolute atomic E-state index is 0.0466. The predicted octanol–water partition coefficient (Wildman–Crippen LogP) is 3.11. The topological polar surface area (TPSA) is 88.0 Å². The van der Waals surface area contributed by atoms with Crippen molar-refractivity contribution in [2.45, 2.75) is 32.0 Å². The second-order valence-electron chi connectivity index (χ2n) is 7.59. The molecule has 1 aromatic carbocycles. The molecule has 150 valence electrons. The number of hydrogen-bond donors (Lipinski definition) is 0. The van der Waals surface area contributed by atoms with Crippen molar-refractivity contribution in [1.29, 1.82) is 0 Å². The quantitative estimate of drug-likeness (QED) is 0.460. The Hall–Kier alpha value is -3.52. The van der Waals surface area contributed by atoms with Crippen LogP contribution in [-0.4, -0.2) is 36.8 Å². The lowest BCUT2D eigenvalue weighted by molar-refractivity contribution is 0.0960. The fourth-order valence-corrected chi connectivity index (χ4v) is 4.19. The standard InChI is InChI=1S/C22H19N5O3/c28-22-18-19-21(25-17-8-2-1-7-16(17)24-19)27(12-15-6-4-10-30-15)20(18)23-13-26(22)11-14-5-3-9-29-14/h1-2,4,6-8,10,13-14H,3,5,9,11-12H2. The molecule has 1 atom stereocenters. The highest BCUT2D eigenvalue weighted by Crippen LogP contribution is 2.26. The molecule has 8 nitrogen and oxygen atoms in total. The van der Waals surface area contributed by atoms with Crippen molar-refractivity contribution in [2.75, 3.05) is 6.61 Å². The van der Waals surface area contributed by atoms with Crippen LogP contribution in [0.3, 0.4) is 0 Å². The molecule has 1 fully saturated rings. The van der Waals surface area contributed by atoms with Crippen molar-refractivity contribution in [1.82, 2.24) is 24.1 Å². The van der Waals surface area contributed by atoms with E-state index in [4.69, 9.17) is 19.1 Å². The summed E-state index contributed by atoms with van der Waals surface area (Å²) in [5.74, 6) is 0.758. The Morgan fingerprint density at radius 2 is 1.93 bits per heavy atom. The van der Waals surface area contributed by atoms with Gasteiger partial charge in [-0.3, -0.25) is 9.36 Å². The lowest BCUT2D eigenvalue weighted by Crippen LogP contribution is -2.26. The van der Waals surface area contributed by atoms with Crippen LogP contribution in [0.1, 0.15) is 18.6 Å². The molecule has 8 heteroatoms. The van der Waals surface area contributed by atoms with Crippen LogP contribution in [0.4, 0.5) is 0 Å². The van der Waals surface area contributed by atoms with E-state index in [0.29, 0.717) is 35.3 Å². The Kier molecular flexibility index (Phi) is 3.92. The van der Waals surface area contributed by atoms with Crippen molar-refractivity contribution < 1.29 is 9.15 Å². The Morgan fingerprint density at radius 3 is 2.70 bits per heavy atom. The van der Waals surface area contributed by atoms with Gasteiger partial charge in [0.25, 0.3) is 5.56 Å². The summed E-state index contributed by atoms with van der Waals surface area (Å²) in [6, 6.07) is 11.4. The second kappa shape index (κ2) is 6.77. The first kappa shape index (κ1) is 17.3. The van der Waals surface area contributed by atoms with E-state index in [1.807, 2.05) is 41.0 Å². The molecule has 1 aliphatic rings. The summed E-state index contributed by atoms with van der Waals surface area (Å²) in [6.07, 6.45) is 5.26. The first-order valence-corrected chi connectivity index (χ1v) is 10.1. The summed E-state index contributed by atoms with van der Waals surface area (Å²) in [6.45, 7) is 1.66. The molecule has 6 rings (SSSR count). The van der Waals surface area contributed by atoms with Gasteiger partial charge in [0.1, 0.15) is 16.7 Å². The van der Waals surface area contributed by atoms with Gasteiger partial charge in [0.2, 0.25) is 0 Å². The third kappa shape index (κ3) is 2.72. The minimum Gasteiger partial charge on any atom is -0.467 e. The molecule has 0 N–H and O–H groups in total. The van der Waals surface area contributed by atoms with E-state index in [-0.39, 0.29) is 11.7 Å². The van der Waals surface area contributed by atoms with Gasteiger partial charge >= 0.3 is 0 Å². The van der Waals surface area contributed by atoms with E-state index >= 15 is 0 Å². The highest BCUT2D eigenvalue weighted by Gasteiger charge is 2.22. The first-order chi connectivity index (χ1) is 14.8. The van der Waals surface area contributed by atoms with Crippen molar-refractivity contribution in [3.05, 3.63) is 65.1 Å². The number of hydrogen-bond acceptors (Lipinski definition) is 6. The first-order valence-electron chi connectivity index (χ1n) is 10.1. The average molecular weight is 401 g/mol. The zero-order chi connectivity index (χ0) is 20.1. The monoisotopic (exact) mass is 401 g/mol. The lowest BCUT2D eigenvalue weighted by atomic mass is 10.2. The molecule has 1 unspecified atom stereocenters. The van der Waals surface area contributed by atoms with Gasteiger partial charge < -0.3 is 13.7 Å². The number of rotatable bonds is 4. The lowest BCUT2D eigenvalue weighted by Gasteiger charge is -2.11. The predicted molar refractivity (Wildman–Crippen MR) is 111 cm³/mol. The number of aromatic nitrogens is 5. The van der Waals surface area contributed by atoms with Gasteiger partial charge in [0.05, 0.1) is 42.8 Å². The van der Waals surface area contributed by atoms with Crippen LogP contribution in [0, 0.1) is 0 Å². The van der Waals surface area contributed by atoms with E-state index in [1.165, 1.54) is 0 Å². The Balaban J connectivity index is 1.62. The van der Waals surface area contributed by atoms with Crippen LogP contribution in [0.15, 0.2) is 58.2 Å². The third-order valence-electron chi connectivity index (χ3n) is 5.64. The zero-order valence-electron chi connectivity index (χ0n) is 16.2. The van der Waals surface area contributed by atoms with Gasteiger partial charge in [-0.05, 0) is 37.1 Å². The molecule has 5 aromatic rings. The van der Waals surface area contributed by atoms with Gasteiger partial charge in [-0.1, -0.05) is 12.1 Å². The number of furan rings is 1. The molecule has 0 saturated carbocycles. The normalized spacial score (nSPS) is 16.9. The number of nitrogens with zero attached hydrogens (tertiary/aromatic N) is 5. The summed E-state index contributed by atoms with van der Waals surface area (Å²) in [4.78, 5) is 27.7. The number of para-hydroxylation sites is 2. The second-order valence-corrected chi connectivity index (χ2v) is 7.59. The molecule has 5 heterocycles. The molecular formula is C22H19N5O3. The molecule has 0 bridgehead atoms. The summed E-state index contributed by atoms with van der Waals surface area (Å²) in [5.41, 5.74) is 3.15. The molecule has 0 radical (unpaired) electrons. The average Bonchev–Trinajstić information content (AvgIpc) is 3.51. The van der Waals surface area contributed by atoms with Crippen LogP contribution in [-0.2, 0) is 17.8 Å². The molecule has 0 aliphatic carbocycles. The summed E-state index contributed by atoms with van der Waals surface area (Å²) in [5, 5.41) is 0.482. The highest BCUT2D eigenvalue weighted by molar-refractivity contribution is 6.04. The molecular weight excluding hydrogens is 382 g/mol. The maximum absolute atomic E-state index is 13.4. The number of benzene rings is 1. The van der Waals surface area contributed by atoms with Crippen LogP contribution >= 0.6 is 0 Å². The number of fused-ring (bicyclic) bond motifs is 4. The molecule has 30 heavy (non-hydrogen) atoms. The summed E-state index contributed by atoms with van der Waals surface area (Å²) in [7, 11) is 0. The zero-order valence-corrected chi connectivity index (χ0v) is 16.2. The fourth-order valence-electron chi connectivity index (χ4n) is 4.19. The van der Waals surface area contributed by atoms with Crippen LogP contribution in [0.25, 0.3) is 33.2 Å². The van der Waals surface area contributed by atoms with Crippen molar-refractivity contribution in [3.63, 3.8) is 0 Å². The van der Waals surface area contributed by atoms with Crippen molar-refractivity contribution >= 4 is 33.2 Å². The van der Waals surface area contributed by atoms with Crippen LogP contribution in [0.5, 0.6) is 0 Å². The van der Waals surface area contributed by atoms with Crippen LogP contribution < -0.4 is 5.56 Å². The SMILES string of the molecule is O=c1c2c3nc4ccccc4nc3n(Cc3ccco3)c2ncn1CC1CCCO1. The van der Waals surface area contributed by atoms with E-state index < -0.39 is 0 Å². The van der Waals surface area contributed by atoms with E-state index in [0.717, 1.165) is 36.2 Å². The van der Waals surface area contributed by atoms with Gasteiger partial charge in [0.15, 0.2) is 11.3 Å². The van der Waals surface area contributed by atoms with Gasteiger partial charge in [-0.15, -0.1) is 0 Å². The van der Waals surface area contributed by atoms with E-state index in [1.54, 1.807) is 17.2 Å². The van der Waals surface area contributed by atoms with Gasteiger partial charge in [-0.25, -0.2) is 15.0 Å². The minimum atomic E-state index is -0.122.